The summed E-state index contributed by atoms with van der Waals surface area (Å²) in [6, 6.07) is 89.8. The SMILES string of the molecule is Cc1cccc2c1sc1ccccc12.Clc1ccc2oc3c(-c4cccc(-c5cccc6c5sc5ccccc56)c4)ncnc3c2c1.c1cc(-c2ncnc3c2oc2ccc(-c4cccc5c4sc4ccccc45)cc23)cc(-c2cccc3c2sc2ccccc23)c1. The number of aryl methyl sites for hydroxylation is 1. The van der Waals surface area contributed by atoms with Gasteiger partial charge in [-0.1, -0.05) is 200 Å². The van der Waals surface area contributed by atoms with Crippen molar-refractivity contribution in [3.05, 3.63) is 278 Å². The highest BCUT2D eigenvalue weighted by Crippen LogP contribution is 2.46. The van der Waals surface area contributed by atoms with E-state index >= 15 is 0 Å². The highest BCUT2D eigenvalue weighted by molar-refractivity contribution is 7.27. The lowest BCUT2D eigenvalue weighted by molar-refractivity contribution is 0.667. The van der Waals surface area contributed by atoms with E-state index < -0.39 is 0 Å². The molecule has 0 N–H and O–H groups in total. The summed E-state index contributed by atoms with van der Waals surface area (Å²) < 4.78 is 23.3. The third-order valence-corrected chi connectivity index (χ3v) is 22.7. The second kappa shape index (κ2) is 22.2. The second-order valence-corrected chi connectivity index (χ2v) is 27.6. The zero-order valence-corrected chi connectivity index (χ0v) is 53.0. The molecule has 92 heavy (non-hydrogen) atoms. The first-order chi connectivity index (χ1) is 45.4. The van der Waals surface area contributed by atoms with E-state index in [1.54, 1.807) is 12.7 Å². The third-order valence-electron chi connectivity index (χ3n) is 17.5. The molecule has 20 rings (SSSR count). The number of furan rings is 2. The predicted molar refractivity (Wildman–Crippen MR) is 394 cm³/mol. The lowest BCUT2D eigenvalue weighted by Crippen LogP contribution is -1.88. The number of benzene rings is 12. The second-order valence-electron chi connectivity index (χ2n) is 22.9. The van der Waals surface area contributed by atoms with Gasteiger partial charge in [0.05, 0.1) is 0 Å². The van der Waals surface area contributed by atoms with Crippen molar-refractivity contribution < 1.29 is 8.83 Å². The molecule has 0 aliphatic carbocycles. The van der Waals surface area contributed by atoms with Crippen LogP contribution in [0.2, 0.25) is 5.02 Å². The van der Waals surface area contributed by atoms with Gasteiger partial charge in [-0.05, 0) is 113 Å². The number of hydrogen-bond acceptors (Lipinski definition) is 10. The van der Waals surface area contributed by atoms with Gasteiger partial charge in [-0.3, -0.25) is 0 Å². The van der Waals surface area contributed by atoms with E-state index in [0.717, 1.165) is 72.2 Å². The molecule has 0 radical (unpaired) electrons. The van der Waals surface area contributed by atoms with Crippen molar-refractivity contribution in [2.45, 2.75) is 6.92 Å². The number of fused-ring (bicyclic) bond motifs is 18. The van der Waals surface area contributed by atoms with Crippen LogP contribution in [-0.4, -0.2) is 19.9 Å². The predicted octanol–water partition coefficient (Wildman–Crippen LogP) is 25.2. The number of hydrogen-bond donors (Lipinski definition) is 0. The topological polar surface area (TPSA) is 77.8 Å². The van der Waals surface area contributed by atoms with E-state index in [9.17, 15) is 0 Å². The van der Waals surface area contributed by atoms with Crippen LogP contribution in [0.15, 0.2) is 276 Å². The van der Waals surface area contributed by atoms with Gasteiger partial charge in [0.15, 0.2) is 11.2 Å². The average molecular weight is 1270 g/mol. The zero-order chi connectivity index (χ0) is 61.0. The fourth-order valence-corrected chi connectivity index (χ4v) is 18.2. The highest BCUT2D eigenvalue weighted by atomic mass is 35.5. The van der Waals surface area contributed by atoms with Gasteiger partial charge in [-0.25, -0.2) is 19.9 Å². The summed E-state index contributed by atoms with van der Waals surface area (Å²) in [6.45, 7) is 2.18. The Morgan fingerprint density at radius 1 is 0.293 bits per heavy atom. The van der Waals surface area contributed by atoms with Gasteiger partial charge in [-0.15, -0.1) is 45.3 Å². The Hall–Kier alpha value is -10.4. The van der Waals surface area contributed by atoms with Crippen molar-refractivity contribution in [3.8, 4) is 55.9 Å². The minimum Gasteiger partial charge on any atom is -0.452 e. The summed E-state index contributed by atoms with van der Waals surface area (Å²) in [4.78, 5) is 18.6. The Kier molecular flexibility index (Phi) is 13.2. The van der Waals surface area contributed by atoms with Crippen molar-refractivity contribution in [2.75, 3.05) is 0 Å². The van der Waals surface area contributed by atoms with Crippen LogP contribution in [0.3, 0.4) is 0 Å². The van der Waals surface area contributed by atoms with Crippen LogP contribution < -0.4 is 0 Å². The number of halogens is 1. The van der Waals surface area contributed by atoms with Crippen molar-refractivity contribution in [1.29, 1.82) is 0 Å². The van der Waals surface area contributed by atoms with E-state index in [-0.39, 0.29) is 0 Å². The van der Waals surface area contributed by atoms with E-state index in [0.29, 0.717) is 16.2 Å². The lowest BCUT2D eigenvalue weighted by Gasteiger charge is -2.07. The monoisotopic (exact) mass is 1270 g/mol. The van der Waals surface area contributed by atoms with E-state index in [1.165, 1.54) is 103 Å². The normalized spacial score (nSPS) is 11.8. The summed E-state index contributed by atoms with van der Waals surface area (Å²) in [5.74, 6) is 0. The first-order valence-electron chi connectivity index (χ1n) is 30.2. The molecule has 20 aromatic rings. The van der Waals surface area contributed by atoms with E-state index in [1.807, 2.05) is 63.5 Å². The van der Waals surface area contributed by atoms with Crippen LogP contribution in [0, 0.1) is 6.92 Å². The zero-order valence-electron chi connectivity index (χ0n) is 49.0. The van der Waals surface area contributed by atoms with Crippen LogP contribution in [0.4, 0.5) is 0 Å². The van der Waals surface area contributed by atoms with Crippen LogP contribution >= 0.6 is 56.9 Å². The summed E-state index contributed by atoms with van der Waals surface area (Å²) in [5.41, 5.74) is 16.6. The van der Waals surface area contributed by atoms with Crippen molar-refractivity contribution in [1.82, 2.24) is 19.9 Å². The molecule has 12 aromatic carbocycles. The first-order valence-corrected chi connectivity index (χ1v) is 33.9. The summed E-state index contributed by atoms with van der Waals surface area (Å²) in [5, 5.41) is 13.1. The average Bonchev–Trinajstić information content (AvgIpc) is 1.66. The molecule has 0 atom stereocenters. The Balaban J connectivity index is 0.000000116. The summed E-state index contributed by atoms with van der Waals surface area (Å²) >= 11 is 13.6. The smallest absolute Gasteiger partial charge is 0.180 e. The Bertz CT molecular complexity index is 6350. The van der Waals surface area contributed by atoms with Crippen LogP contribution in [0.1, 0.15) is 5.56 Å². The van der Waals surface area contributed by atoms with Crippen LogP contribution in [-0.2, 0) is 0 Å². The fraction of sp³-hybridized carbons (Fsp3) is 0.0123. The molecule has 0 aliphatic rings. The number of rotatable bonds is 5. The molecule has 8 heterocycles. The molecular formula is C81H47ClN4O2S4. The first kappa shape index (κ1) is 54.5. The largest absolute Gasteiger partial charge is 0.452 e. The number of aromatic nitrogens is 4. The van der Waals surface area contributed by atoms with E-state index in [4.69, 9.17) is 30.4 Å². The lowest BCUT2D eigenvalue weighted by atomic mass is 9.99. The summed E-state index contributed by atoms with van der Waals surface area (Å²) in [6.07, 6.45) is 3.25. The molecule has 0 saturated heterocycles. The standard InChI is InChI=1S/C40H22N2OS2.C28H15ClN2OS.C13H10S/c1-3-16-34-28(10-1)30-14-6-12-26(39(30)44-34)23-8-5-9-25(20-23)36-38-37(42-22-41-36)32-21-24(18-19-33(32)43-38)27-13-7-15-31-29-11-2-4-17-35(29)45-40(27)31;29-18-11-12-23-22(14-18)26-27(32-23)25(30-15-31-26)17-6-3-5-16(13-17)19-8-4-9-21-20-7-1-2-10-24(20)33-28(19)21;1-9-5-4-7-11-10-6-2-3-8-12(10)14-13(9)11/h1-22H;1-15H;2-8H,1H3. The summed E-state index contributed by atoms with van der Waals surface area (Å²) in [7, 11) is 0. The van der Waals surface area contributed by atoms with E-state index in [2.05, 4.69) is 253 Å². The minimum atomic E-state index is 0.656. The van der Waals surface area contributed by atoms with Gasteiger partial charge in [0.2, 0.25) is 0 Å². The molecule has 11 heteroatoms. The van der Waals surface area contributed by atoms with Gasteiger partial charge in [0.25, 0.3) is 0 Å². The van der Waals surface area contributed by atoms with Crippen LogP contribution in [0.25, 0.3) is 181 Å². The van der Waals surface area contributed by atoms with Gasteiger partial charge in [0, 0.05) is 108 Å². The fourth-order valence-electron chi connectivity index (χ4n) is 13.2. The molecule has 6 nitrogen and oxygen atoms in total. The molecular weight excluding hydrogens is 1220 g/mol. The molecule has 0 bridgehead atoms. The minimum absolute atomic E-state index is 0.656. The maximum absolute atomic E-state index is 6.50. The Morgan fingerprint density at radius 3 is 1.12 bits per heavy atom. The molecule has 0 unspecified atom stereocenters. The molecule has 0 saturated carbocycles. The van der Waals surface area contributed by atoms with Crippen molar-refractivity contribution >= 4 is 182 Å². The van der Waals surface area contributed by atoms with Gasteiger partial charge >= 0.3 is 0 Å². The number of thiophene rings is 4. The molecule has 434 valence electrons. The Labute approximate surface area is 547 Å². The molecule has 0 spiro atoms. The third kappa shape index (κ3) is 9.16. The van der Waals surface area contributed by atoms with Gasteiger partial charge in [-0.2, -0.15) is 0 Å². The Morgan fingerprint density at radius 2 is 0.652 bits per heavy atom. The molecule has 0 fully saturated rings. The molecule has 0 aliphatic heterocycles. The maximum Gasteiger partial charge on any atom is 0.180 e. The molecule has 0 amide bonds. The van der Waals surface area contributed by atoms with Crippen molar-refractivity contribution in [3.63, 3.8) is 0 Å². The molecule has 8 aromatic heterocycles. The van der Waals surface area contributed by atoms with Crippen molar-refractivity contribution in [2.24, 2.45) is 0 Å². The van der Waals surface area contributed by atoms with Gasteiger partial charge in [0.1, 0.15) is 46.2 Å². The van der Waals surface area contributed by atoms with Crippen LogP contribution in [0.5, 0.6) is 0 Å². The number of nitrogens with zero attached hydrogens (tertiary/aromatic N) is 4. The quantitative estimate of drug-likeness (QED) is 0.171. The highest BCUT2D eigenvalue weighted by Gasteiger charge is 2.21. The van der Waals surface area contributed by atoms with Gasteiger partial charge < -0.3 is 8.83 Å². The maximum atomic E-state index is 6.50.